The van der Waals surface area contributed by atoms with Gasteiger partial charge in [0.15, 0.2) is 5.82 Å². The molecule has 10 nitrogen and oxygen atoms in total. The minimum Gasteiger partial charge on any atom is -0.465 e. The zero-order chi connectivity index (χ0) is 20.5. The first kappa shape index (κ1) is 19.7. The van der Waals surface area contributed by atoms with Crippen LogP contribution in [0.1, 0.15) is 37.8 Å². The summed E-state index contributed by atoms with van der Waals surface area (Å²) in [5.41, 5.74) is 0.585. The number of anilines is 3. The third kappa shape index (κ3) is 4.08. The van der Waals surface area contributed by atoms with Crippen LogP contribution in [0, 0.1) is 0 Å². The van der Waals surface area contributed by atoms with Crippen molar-refractivity contribution in [1.29, 1.82) is 0 Å². The lowest BCUT2D eigenvalue weighted by atomic mass is 9.81. The van der Waals surface area contributed by atoms with Crippen molar-refractivity contribution >= 4 is 35.3 Å². The Morgan fingerprint density at radius 2 is 2.03 bits per heavy atom. The van der Waals surface area contributed by atoms with Crippen LogP contribution in [0.25, 0.3) is 0 Å². The number of carbonyl (C=O) groups is 1. The van der Waals surface area contributed by atoms with E-state index in [1.165, 1.54) is 0 Å². The Balaban J connectivity index is 1.52. The van der Waals surface area contributed by atoms with E-state index in [1.807, 2.05) is 11.9 Å². The molecule has 2 saturated heterocycles. The van der Waals surface area contributed by atoms with Crippen LogP contribution in [0.4, 0.5) is 22.4 Å². The van der Waals surface area contributed by atoms with Crippen molar-refractivity contribution in [3.8, 4) is 0 Å². The number of nitrogens with zero attached hydrogens (tertiary/aromatic N) is 5. The fourth-order valence-corrected chi connectivity index (χ4v) is 4.59. The number of H-pyrrole nitrogens is 1. The molecular formula is C18H24ClN7O3. The molecule has 2 aromatic heterocycles. The number of aliphatic hydroxyl groups excluding tert-OH is 1. The summed E-state index contributed by atoms with van der Waals surface area (Å²) in [6.45, 7) is -0.134. The fourth-order valence-electron chi connectivity index (χ4n) is 4.41. The third-order valence-electron chi connectivity index (χ3n) is 5.77. The quantitative estimate of drug-likeness (QED) is 0.542. The molecule has 156 valence electrons. The van der Waals surface area contributed by atoms with Gasteiger partial charge in [-0.2, -0.15) is 10.1 Å². The highest BCUT2D eigenvalue weighted by molar-refractivity contribution is 6.29. The molecule has 4 rings (SSSR count). The van der Waals surface area contributed by atoms with Crippen LogP contribution in [0.3, 0.4) is 0 Å². The van der Waals surface area contributed by atoms with E-state index in [0.29, 0.717) is 28.4 Å². The number of halogens is 1. The fraction of sp³-hybridized carbons (Fsp3) is 0.556. The van der Waals surface area contributed by atoms with Crippen LogP contribution in [0.2, 0.25) is 5.15 Å². The Hall–Kier alpha value is -2.59. The average Bonchev–Trinajstić information content (AvgIpc) is 3.13. The molecule has 11 heteroatoms. The van der Waals surface area contributed by atoms with E-state index in [2.05, 4.69) is 25.5 Å². The van der Waals surface area contributed by atoms with Crippen molar-refractivity contribution in [2.75, 3.05) is 17.3 Å². The predicted molar refractivity (Wildman–Crippen MR) is 108 cm³/mol. The number of piperidine rings is 2. The van der Waals surface area contributed by atoms with E-state index in [0.717, 1.165) is 32.1 Å². The predicted octanol–water partition coefficient (Wildman–Crippen LogP) is 2.59. The highest BCUT2D eigenvalue weighted by atomic mass is 35.5. The molecular weight excluding hydrogens is 398 g/mol. The van der Waals surface area contributed by atoms with Gasteiger partial charge in [-0.15, -0.1) is 0 Å². The molecule has 2 aliphatic heterocycles. The van der Waals surface area contributed by atoms with Crippen molar-refractivity contribution in [1.82, 2.24) is 25.1 Å². The van der Waals surface area contributed by atoms with E-state index in [1.54, 1.807) is 17.0 Å². The maximum absolute atomic E-state index is 11.6. The molecule has 2 bridgehead atoms. The maximum atomic E-state index is 11.6. The highest BCUT2D eigenvalue weighted by Crippen LogP contribution is 2.36. The number of carboxylic acid groups (broad SMARTS) is 1. The van der Waals surface area contributed by atoms with E-state index < -0.39 is 6.09 Å². The second-order valence-electron chi connectivity index (χ2n) is 7.60. The number of rotatable bonds is 5. The largest absolute Gasteiger partial charge is 0.465 e. The molecule has 2 aromatic rings. The zero-order valence-electron chi connectivity index (χ0n) is 16.0. The van der Waals surface area contributed by atoms with Gasteiger partial charge in [0.1, 0.15) is 11.0 Å². The average molecular weight is 422 g/mol. The Kier molecular flexibility index (Phi) is 5.46. The van der Waals surface area contributed by atoms with Crippen LogP contribution in [-0.2, 0) is 6.61 Å². The molecule has 0 radical (unpaired) electrons. The lowest BCUT2D eigenvalue weighted by Gasteiger charge is -2.49. The molecule has 3 atom stereocenters. The number of nitrogens with one attached hydrogen (secondary N) is 2. The summed E-state index contributed by atoms with van der Waals surface area (Å²) in [7, 11) is 1.92. The van der Waals surface area contributed by atoms with Gasteiger partial charge in [-0.05, 0) is 32.1 Å². The topological polar surface area (TPSA) is 130 Å². The zero-order valence-corrected chi connectivity index (χ0v) is 16.8. The molecule has 0 aromatic carbocycles. The summed E-state index contributed by atoms with van der Waals surface area (Å²) >= 11 is 6.22. The van der Waals surface area contributed by atoms with Crippen molar-refractivity contribution in [2.24, 2.45) is 0 Å². The van der Waals surface area contributed by atoms with E-state index >= 15 is 0 Å². The minimum atomic E-state index is -0.826. The van der Waals surface area contributed by atoms with Gasteiger partial charge >= 0.3 is 6.09 Å². The van der Waals surface area contributed by atoms with Crippen molar-refractivity contribution < 1.29 is 15.0 Å². The lowest BCUT2D eigenvalue weighted by molar-refractivity contribution is 0.0351. The van der Waals surface area contributed by atoms with Gasteiger partial charge in [-0.3, -0.25) is 5.10 Å². The molecule has 1 amide bonds. The number of amides is 1. The number of aromatic nitrogens is 4. The summed E-state index contributed by atoms with van der Waals surface area (Å²) in [4.78, 5) is 24.2. The highest BCUT2D eigenvalue weighted by Gasteiger charge is 2.42. The monoisotopic (exact) mass is 421 g/mol. The number of fused-ring (bicyclic) bond motifs is 2. The Labute approximate surface area is 172 Å². The molecule has 4 heterocycles. The van der Waals surface area contributed by atoms with E-state index in [-0.39, 0.29) is 24.7 Å². The summed E-state index contributed by atoms with van der Waals surface area (Å²) in [6.07, 6.45) is 3.52. The molecule has 4 N–H and O–H groups in total. The van der Waals surface area contributed by atoms with Crippen LogP contribution >= 0.6 is 11.6 Å². The summed E-state index contributed by atoms with van der Waals surface area (Å²) in [5, 5.41) is 28.8. The second kappa shape index (κ2) is 8.03. The van der Waals surface area contributed by atoms with Gasteiger partial charge in [0.2, 0.25) is 5.95 Å². The number of aromatic amines is 1. The van der Waals surface area contributed by atoms with Crippen LogP contribution < -0.4 is 10.2 Å². The standard InChI is InChI=1S/C18H24ClN7O3/c1-25(13-6-11-3-2-4-12(7-13)26(11)18(28)29)17-20-14(19)8-15(22-17)21-16-5-10(9-27)23-24-16/h5,8,11-13,27H,2-4,6-7,9H2,1H3,(H,28,29)(H2,20,21,22,23,24)/t11-,12+,13-. The van der Waals surface area contributed by atoms with Gasteiger partial charge in [0.05, 0.1) is 12.3 Å². The Morgan fingerprint density at radius 1 is 1.31 bits per heavy atom. The summed E-state index contributed by atoms with van der Waals surface area (Å²) in [6, 6.07) is 3.49. The summed E-state index contributed by atoms with van der Waals surface area (Å²) < 4.78 is 0. The van der Waals surface area contributed by atoms with Crippen LogP contribution in [-0.4, -0.2) is 66.5 Å². The normalized spacial score (nSPS) is 23.7. The van der Waals surface area contributed by atoms with Gasteiger partial charge in [0.25, 0.3) is 0 Å². The first-order valence-electron chi connectivity index (χ1n) is 9.65. The molecule has 29 heavy (non-hydrogen) atoms. The SMILES string of the molecule is CN(c1nc(Cl)cc(Nc2cc(CO)[nH]n2)n1)[C@@H]1C[C@H]2CCC[C@@H](C1)N2C(=O)O. The number of hydrogen-bond acceptors (Lipinski definition) is 7. The van der Waals surface area contributed by atoms with Crippen LogP contribution in [0.15, 0.2) is 12.1 Å². The third-order valence-corrected chi connectivity index (χ3v) is 5.97. The maximum Gasteiger partial charge on any atom is 0.407 e. The molecule has 0 unspecified atom stereocenters. The Bertz CT molecular complexity index is 878. The van der Waals surface area contributed by atoms with E-state index in [9.17, 15) is 9.90 Å². The molecule has 0 aliphatic carbocycles. The lowest BCUT2D eigenvalue weighted by Crippen LogP contribution is -2.58. The van der Waals surface area contributed by atoms with Gasteiger partial charge in [-0.25, -0.2) is 9.78 Å². The van der Waals surface area contributed by atoms with Gasteiger partial charge in [-0.1, -0.05) is 11.6 Å². The van der Waals surface area contributed by atoms with Crippen molar-refractivity contribution in [3.63, 3.8) is 0 Å². The van der Waals surface area contributed by atoms with Gasteiger partial charge in [0, 0.05) is 37.3 Å². The first-order valence-corrected chi connectivity index (χ1v) is 10.0. The first-order chi connectivity index (χ1) is 13.9. The van der Waals surface area contributed by atoms with Gasteiger partial charge < -0.3 is 25.3 Å². The number of aliphatic hydroxyl groups is 1. The molecule has 2 aliphatic rings. The second-order valence-corrected chi connectivity index (χ2v) is 7.99. The smallest absolute Gasteiger partial charge is 0.407 e. The number of hydrogen-bond donors (Lipinski definition) is 4. The van der Waals surface area contributed by atoms with Crippen molar-refractivity contribution in [3.05, 3.63) is 23.0 Å². The minimum absolute atomic E-state index is 0.0326. The molecule has 2 fully saturated rings. The molecule has 0 spiro atoms. The van der Waals surface area contributed by atoms with E-state index in [4.69, 9.17) is 16.7 Å². The molecule has 0 saturated carbocycles. The summed E-state index contributed by atoms with van der Waals surface area (Å²) in [5.74, 6) is 1.48. The Morgan fingerprint density at radius 3 is 2.66 bits per heavy atom. The van der Waals surface area contributed by atoms with Crippen LogP contribution in [0.5, 0.6) is 0 Å². The van der Waals surface area contributed by atoms with Crippen molar-refractivity contribution in [2.45, 2.75) is 56.8 Å².